The normalized spacial score (nSPS) is 12.0. The number of rotatable bonds is 12. The number of hydrogen-bond acceptors (Lipinski definition) is 4. The molecule has 2 amide bonds. The number of amides is 2. The van der Waals surface area contributed by atoms with Crippen LogP contribution in [0.15, 0.2) is 108 Å². The maximum atomic E-state index is 14.6. The monoisotopic (exact) mass is 611 g/mol. The second-order valence-electron chi connectivity index (χ2n) is 11.5. The molecule has 44 heavy (non-hydrogen) atoms. The summed E-state index contributed by atoms with van der Waals surface area (Å²) in [5.41, 5.74) is 4.87. The largest absolute Gasteiger partial charge is 0.352 e. The highest BCUT2D eigenvalue weighted by molar-refractivity contribution is 7.92. The molecule has 0 radical (unpaired) electrons. The Balaban J connectivity index is 1.83. The zero-order valence-corrected chi connectivity index (χ0v) is 26.8. The van der Waals surface area contributed by atoms with E-state index in [1.807, 2.05) is 95.3 Å². The maximum absolute atomic E-state index is 14.6. The number of nitrogens with one attached hydrogen (secondary N) is 1. The Morgan fingerprint density at radius 1 is 0.773 bits per heavy atom. The van der Waals surface area contributed by atoms with Gasteiger partial charge in [0.1, 0.15) is 12.6 Å². The maximum Gasteiger partial charge on any atom is 0.264 e. The van der Waals surface area contributed by atoms with Crippen LogP contribution in [0.1, 0.15) is 41.7 Å². The summed E-state index contributed by atoms with van der Waals surface area (Å²) in [5.74, 6) is -0.776. The number of carbonyl (C=O) groups is 2. The molecule has 1 N–H and O–H groups in total. The molecule has 4 rings (SSSR count). The first-order chi connectivity index (χ1) is 21.0. The Bertz CT molecular complexity index is 1670. The van der Waals surface area contributed by atoms with Gasteiger partial charge in [-0.15, -0.1) is 0 Å². The molecule has 8 heteroatoms. The first-order valence-electron chi connectivity index (χ1n) is 14.8. The van der Waals surface area contributed by atoms with Crippen LogP contribution in [0.2, 0.25) is 0 Å². The average molecular weight is 612 g/mol. The van der Waals surface area contributed by atoms with E-state index in [1.165, 1.54) is 17.0 Å². The number of nitrogens with zero attached hydrogens (tertiary/aromatic N) is 2. The summed E-state index contributed by atoms with van der Waals surface area (Å²) in [6.07, 6.45) is 0.270. The van der Waals surface area contributed by atoms with E-state index >= 15 is 0 Å². The molecule has 7 nitrogen and oxygen atoms in total. The van der Waals surface area contributed by atoms with Crippen LogP contribution in [0.3, 0.4) is 0 Å². The van der Waals surface area contributed by atoms with Gasteiger partial charge in [-0.25, -0.2) is 8.42 Å². The molecular weight excluding hydrogens is 570 g/mol. The minimum absolute atomic E-state index is 0.0794. The van der Waals surface area contributed by atoms with Gasteiger partial charge in [-0.2, -0.15) is 0 Å². The molecule has 0 spiro atoms. The summed E-state index contributed by atoms with van der Waals surface area (Å²) in [6.45, 7) is 9.15. The van der Waals surface area contributed by atoms with E-state index in [0.717, 1.165) is 32.1 Å². The minimum Gasteiger partial charge on any atom is -0.352 e. The molecule has 0 aromatic heterocycles. The lowest BCUT2D eigenvalue weighted by atomic mass is 10.0. The third-order valence-corrected chi connectivity index (χ3v) is 9.20. The highest BCUT2D eigenvalue weighted by Crippen LogP contribution is 2.27. The third-order valence-electron chi connectivity index (χ3n) is 7.41. The van der Waals surface area contributed by atoms with Crippen molar-refractivity contribution >= 4 is 27.5 Å². The van der Waals surface area contributed by atoms with Crippen molar-refractivity contribution in [2.75, 3.05) is 10.8 Å². The van der Waals surface area contributed by atoms with Crippen molar-refractivity contribution in [3.63, 3.8) is 0 Å². The molecule has 0 aliphatic heterocycles. The van der Waals surface area contributed by atoms with Crippen LogP contribution in [0, 0.1) is 20.8 Å². The van der Waals surface area contributed by atoms with Crippen LogP contribution >= 0.6 is 0 Å². The van der Waals surface area contributed by atoms with Crippen molar-refractivity contribution in [2.45, 2.75) is 64.6 Å². The standard InChI is InChI=1S/C36H41N3O4S/c1-26(2)37-36(41)34(23-30-15-8-6-9-16-30)38(24-31-17-13-12-14-29(31)5)35(40)25-39(32-21-27(3)20-28(4)22-32)44(42,43)33-18-10-7-11-19-33/h6-22,26,34H,23-25H2,1-5H3,(H,37,41)/t34-/m0/s1. The van der Waals surface area contributed by atoms with Crippen LogP contribution in [0.4, 0.5) is 5.69 Å². The van der Waals surface area contributed by atoms with Crippen LogP contribution in [0.5, 0.6) is 0 Å². The first-order valence-corrected chi connectivity index (χ1v) is 16.2. The van der Waals surface area contributed by atoms with Gasteiger partial charge in [-0.1, -0.05) is 78.9 Å². The van der Waals surface area contributed by atoms with Crippen molar-refractivity contribution in [2.24, 2.45) is 0 Å². The molecule has 1 atom stereocenters. The summed E-state index contributed by atoms with van der Waals surface area (Å²) in [5, 5.41) is 2.99. The summed E-state index contributed by atoms with van der Waals surface area (Å²) in [4.78, 5) is 30.0. The lowest BCUT2D eigenvalue weighted by molar-refractivity contribution is -0.140. The van der Waals surface area contributed by atoms with Crippen LogP contribution in [0.25, 0.3) is 0 Å². The zero-order valence-electron chi connectivity index (χ0n) is 26.0. The molecule has 230 valence electrons. The Morgan fingerprint density at radius 2 is 1.34 bits per heavy atom. The second kappa shape index (κ2) is 14.4. The molecule has 0 unspecified atom stereocenters. The Kier molecular flexibility index (Phi) is 10.6. The summed E-state index contributed by atoms with van der Waals surface area (Å²) < 4.78 is 29.4. The fourth-order valence-electron chi connectivity index (χ4n) is 5.25. The van der Waals surface area contributed by atoms with E-state index in [1.54, 1.807) is 30.3 Å². The Labute approximate surface area is 261 Å². The Hall–Kier alpha value is -4.43. The van der Waals surface area contributed by atoms with Crippen molar-refractivity contribution in [1.82, 2.24) is 10.2 Å². The molecule has 0 bridgehead atoms. The highest BCUT2D eigenvalue weighted by atomic mass is 32.2. The SMILES string of the molecule is Cc1cc(C)cc(N(CC(=O)N(Cc2ccccc2C)[C@@H](Cc2ccccc2)C(=O)NC(C)C)S(=O)(=O)c2ccccc2)c1. The van der Waals surface area contributed by atoms with E-state index in [2.05, 4.69) is 5.32 Å². The average Bonchev–Trinajstić information content (AvgIpc) is 2.98. The molecular formula is C36H41N3O4S. The van der Waals surface area contributed by atoms with Gasteiger partial charge in [0.2, 0.25) is 11.8 Å². The molecule has 0 aliphatic carbocycles. The number of hydrogen-bond donors (Lipinski definition) is 1. The van der Waals surface area contributed by atoms with Crippen molar-refractivity contribution in [3.8, 4) is 0 Å². The number of anilines is 1. The molecule has 4 aromatic carbocycles. The van der Waals surface area contributed by atoms with Gasteiger partial charge >= 0.3 is 0 Å². The molecule has 0 saturated carbocycles. The van der Waals surface area contributed by atoms with E-state index in [9.17, 15) is 18.0 Å². The lowest BCUT2D eigenvalue weighted by Gasteiger charge is -2.34. The fourth-order valence-corrected chi connectivity index (χ4v) is 6.67. The van der Waals surface area contributed by atoms with Gasteiger partial charge in [0, 0.05) is 19.0 Å². The van der Waals surface area contributed by atoms with Crippen molar-refractivity contribution in [3.05, 3.63) is 131 Å². The van der Waals surface area contributed by atoms with Gasteiger partial charge in [0.15, 0.2) is 0 Å². The van der Waals surface area contributed by atoms with Gasteiger partial charge in [0.25, 0.3) is 10.0 Å². The smallest absolute Gasteiger partial charge is 0.264 e. The Morgan fingerprint density at radius 3 is 1.93 bits per heavy atom. The van der Waals surface area contributed by atoms with Crippen LogP contribution in [-0.2, 0) is 32.6 Å². The van der Waals surface area contributed by atoms with E-state index in [-0.39, 0.29) is 29.8 Å². The lowest BCUT2D eigenvalue weighted by Crippen LogP contribution is -2.54. The number of aryl methyl sites for hydroxylation is 3. The van der Waals surface area contributed by atoms with Crippen molar-refractivity contribution in [1.29, 1.82) is 0 Å². The zero-order chi connectivity index (χ0) is 31.9. The summed E-state index contributed by atoms with van der Waals surface area (Å²) in [6, 6.07) is 29.8. The fraction of sp³-hybridized carbons (Fsp3) is 0.278. The predicted molar refractivity (Wildman–Crippen MR) is 176 cm³/mol. The number of carbonyl (C=O) groups excluding carboxylic acids is 2. The summed E-state index contributed by atoms with van der Waals surface area (Å²) >= 11 is 0. The molecule has 0 fully saturated rings. The van der Waals surface area contributed by atoms with Gasteiger partial charge in [-0.05, 0) is 86.7 Å². The second-order valence-corrected chi connectivity index (χ2v) is 13.3. The molecule has 4 aromatic rings. The van der Waals surface area contributed by atoms with Gasteiger partial charge in [0.05, 0.1) is 10.6 Å². The highest BCUT2D eigenvalue weighted by Gasteiger charge is 2.35. The van der Waals surface area contributed by atoms with Gasteiger partial charge < -0.3 is 10.2 Å². The van der Waals surface area contributed by atoms with E-state index < -0.39 is 28.5 Å². The van der Waals surface area contributed by atoms with Gasteiger partial charge in [-0.3, -0.25) is 13.9 Å². The topological polar surface area (TPSA) is 86.8 Å². The third kappa shape index (κ3) is 8.14. The predicted octanol–water partition coefficient (Wildman–Crippen LogP) is 5.97. The first kappa shape index (κ1) is 32.5. The molecule has 0 heterocycles. The number of benzene rings is 4. The van der Waals surface area contributed by atoms with Crippen LogP contribution in [-0.4, -0.2) is 43.8 Å². The quantitative estimate of drug-likeness (QED) is 0.214. The van der Waals surface area contributed by atoms with E-state index in [0.29, 0.717) is 5.69 Å². The molecule has 0 aliphatic rings. The van der Waals surface area contributed by atoms with Crippen LogP contribution < -0.4 is 9.62 Å². The summed E-state index contributed by atoms with van der Waals surface area (Å²) in [7, 11) is -4.14. The minimum atomic E-state index is -4.14. The number of sulfonamides is 1. The van der Waals surface area contributed by atoms with E-state index in [4.69, 9.17) is 0 Å². The van der Waals surface area contributed by atoms with Crippen molar-refractivity contribution < 1.29 is 18.0 Å². The molecule has 0 saturated heterocycles.